The number of carbonyl (C=O) groups is 2. The summed E-state index contributed by atoms with van der Waals surface area (Å²) < 4.78 is 9.81. The smallest absolute Gasteiger partial charge is 0.363 e. The third-order valence-corrected chi connectivity index (χ3v) is 4.16. The Morgan fingerprint density at radius 1 is 1.12 bits per heavy atom. The van der Waals surface area contributed by atoms with Crippen molar-refractivity contribution in [2.24, 2.45) is 4.99 Å². The number of hydrogen-bond donors (Lipinski definition) is 0. The van der Waals surface area contributed by atoms with Crippen LogP contribution >= 0.6 is 23.2 Å². The van der Waals surface area contributed by atoms with Crippen LogP contribution in [0.5, 0.6) is 0 Å². The van der Waals surface area contributed by atoms with E-state index in [9.17, 15) is 9.59 Å². The quantitative estimate of drug-likeness (QED) is 0.597. The van der Waals surface area contributed by atoms with E-state index in [1.165, 1.54) is 7.11 Å². The Labute approximate surface area is 153 Å². The molecule has 0 fully saturated rings. The first-order valence-electron chi connectivity index (χ1n) is 7.14. The van der Waals surface area contributed by atoms with Crippen molar-refractivity contribution >= 4 is 47.1 Å². The van der Waals surface area contributed by atoms with Gasteiger partial charge in [-0.3, -0.25) is 0 Å². The molecule has 0 spiro atoms. The Bertz CT molecular complexity index is 917. The van der Waals surface area contributed by atoms with Crippen molar-refractivity contribution < 1.29 is 19.1 Å². The fourth-order valence-electron chi connectivity index (χ4n) is 2.15. The zero-order chi connectivity index (χ0) is 18.0. The van der Waals surface area contributed by atoms with Crippen LogP contribution in [-0.4, -0.2) is 24.9 Å². The van der Waals surface area contributed by atoms with Crippen LogP contribution in [0.15, 0.2) is 53.2 Å². The summed E-state index contributed by atoms with van der Waals surface area (Å²) in [5.74, 6) is -0.849. The van der Waals surface area contributed by atoms with Crippen LogP contribution in [-0.2, 0) is 14.3 Å². The first-order chi connectivity index (χ1) is 12.0. The Kier molecular flexibility index (Phi) is 4.88. The minimum Gasteiger partial charge on any atom is -0.465 e. The lowest BCUT2D eigenvalue weighted by Gasteiger charge is -2.01. The summed E-state index contributed by atoms with van der Waals surface area (Å²) in [6, 6.07) is 11.4. The second kappa shape index (κ2) is 7.09. The average molecular weight is 376 g/mol. The van der Waals surface area contributed by atoms with Crippen molar-refractivity contribution in [1.29, 1.82) is 0 Å². The molecule has 5 nitrogen and oxygen atoms in total. The maximum Gasteiger partial charge on any atom is 0.363 e. The van der Waals surface area contributed by atoms with Crippen molar-refractivity contribution in [1.82, 2.24) is 0 Å². The number of rotatable bonds is 3. The van der Waals surface area contributed by atoms with Gasteiger partial charge < -0.3 is 9.47 Å². The van der Waals surface area contributed by atoms with Gasteiger partial charge in [-0.2, -0.15) is 0 Å². The van der Waals surface area contributed by atoms with Crippen molar-refractivity contribution in [3.8, 4) is 0 Å². The highest BCUT2D eigenvalue weighted by Gasteiger charge is 2.24. The van der Waals surface area contributed by atoms with Crippen molar-refractivity contribution in [3.63, 3.8) is 0 Å². The highest BCUT2D eigenvalue weighted by molar-refractivity contribution is 6.42. The zero-order valence-electron chi connectivity index (χ0n) is 13.0. The number of esters is 2. The Morgan fingerprint density at radius 3 is 2.48 bits per heavy atom. The van der Waals surface area contributed by atoms with E-state index in [4.69, 9.17) is 27.9 Å². The third kappa shape index (κ3) is 3.73. The van der Waals surface area contributed by atoms with E-state index in [0.717, 1.165) is 0 Å². The number of halogens is 2. The van der Waals surface area contributed by atoms with Crippen LogP contribution in [0.1, 0.15) is 21.5 Å². The minimum atomic E-state index is -0.571. The maximum absolute atomic E-state index is 12.0. The molecule has 0 aliphatic carbocycles. The van der Waals surface area contributed by atoms with Gasteiger partial charge in [0.25, 0.3) is 0 Å². The molecule has 0 N–H and O–H groups in total. The van der Waals surface area contributed by atoms with E-state index in [-0.39, 0.29) is 11.6 Å². The number of hydrogen-bond acceptors (Lipinski definition) is 5. The highest BCUT2D eigenvalue weighted by Crippen LogP contribution is 2.25. The monoisotopic (exact) mass is 375 g/mol. The van der Waals surface area contributed by atoms with E-state index in [1.54, 1.807) is 48.5 Å². The number of nitrogens with zero attached hydrogens (tertiary/aromatic N) is 1. The van der Waals surface area contributed by atoms with Gasteiger partial charge in [0.2, 0.25) is 5.90 Å². The molecule has 0 saturated carbocycles. The van der Waals surface area contributed by atoms with Gasteiger partial charge in [0.1, 0.15) is 0 Å². The molecular formula is C18H11Cl2NO4. The van der Waals surface area contributed by atoms with E-state index < -0.39 is 11.9 Å². The first-order valence-corrected chi connectivity index (χ1v) is 7.90. The van der Waals surface area contributed by atoms with Crippen LogP contribution in [0.4, 0.5) is 0 Å². The van der Waals surface area contributed by atoms with Gasteiger partial charge in [0.05, 0.1) is 22.7 Å². The summed E-state index contributed by atoms with van der Waals surface area (Å²) >= 11 is 11.8. The summed E-state index contributed by atoms with van der Waals surface area (Å²) in [6.45, 7) is 0. The minimum absolute atomic E-state index is 0.145. The maximum atomic E-state index is 12.0. The van der Waals surface area contributed by atoms with Gasteiger partial charge in [-0.15, -0.1) is 0 Å². The second-order valence-electron chi connectivity index (χ2n) is 5.08. The zero-order valence-corrected chi connectivity index (χ0v) is 14.5. The molecule has 3 rings (SSSR count). The number of methoxy groups -OCH3 is 1. The molecule has 25 heavy (non-hydrogen) atoms. The van der Waals surface area contributed by atoms with E-state index in [0.29, 0.717) is 26.7 Å². The summed E-state index contributed by atoms with van der Waals surface area (Å²) in [7, 11) is 1.31. The summed E-state index contributed by atoms with van der Waals surface area (Å²) in [5, 5.41) is 0.741. The Balaban J connectivity index is 1.87. The van der Waals surface area contributed by atoms with Gasteiger partial charge in [-0.1, -0.05) is 35.3 Å². The van der Waals surface area contributed by atoms with E-state index in [1.807, 2.05) is 0 Å². The van der Waals surface area contributed by atoms with Gasteiger partial charge in [-0.25, -0.2) is 14.6 Å². The average Bonchev–Trinajstić information content (AvgIpc) is 2.98. The van der Waals surface area contributed by atoms with Crippen LogP contribution in [0.3, 0.4) is 0 Å². The number of carbonyl (C=O) groups excluding carboxylic acids is 2. The largest absolute Gasteiger partial charge is 0.465 e. The Morgan fingerprint density at radius 2 is 1.84 bits per heavy atom. The molecule has 0 bridgehead atoms. The molecule has 0 atom stereocenters. The lowest BCUT2D eigenvalue weighted by atomic mass is 10.1. The number of benzene rings is 2. The second-order valence-corrected chi connectivity index (χ2v) is 5.89. The van der Waals surface area contributed by atoms with E-state index in [2.05, 4.69) is 9.73 Å². The standard InChI is InChI=1S/C18H11Cl2NO4/c1-24-17(22)11-4-2-10(3-5-11)8-15-18(23)25-16(21-15)12-6-7-13(19)14(20)9-12/h2-9H,1H3/b15-8-. The lowest BCUT2D eigenvalue weighted by Crippen LogP contribution is -2.05. The molecule has 2 aromatic rings. The number of cyclic esters (lactones) is 1. The summed E-state index contributed by atoms with van der Waals surface area (Å²) in [4.78, 5) is 27.6. The predicted octanol–water partition coefficient (Wildman–Crippen LogP) is 4.12. The van der Waals surface area contributed by atoms with Crippen molar-refractivity contribution in [2.75, 3.05) is 7.11 Å². The molecule has 1 heterocycles. The normalized spacial score (nSPS) is 15.1. The van der Waals surface area contributed by atoms with Crippen LogP contribution in [0, 0.1) is 0 Å². The van der Waals surface area contributed by atoms with Gasteiger partial charge in [0, 0.05) is 5.56 Å². The number of aliphatic imine (C=N–C) groups is 1. The molecule has 1 aliphatic rings. The number of ether oxygens (including phenoxy) is 2. The van der Waals surface area contributed by atoms with Gasteiger partial charge in [-0.05, 0) is 42.0 Å². The molecule has 2 aromatic carbocycles. The Hall–Kier alpha value is -2.63. The summed E-state index contributed by atoms with van der Waals surface area (Å²) in [6.07, 6.45) is 1.56. The van der Waals surface area contributed by atoms with Crippen LogP contribution in [0.25, 0.3) is 6.08 Å². The molecule has 0 saturated heterocycles. The van der Waals surface area contributed by atoms with Crippen LogP contribution < -0.4 is 0 Å². The molecule has 126 valence electrons. The van der Waals surface area contributed by atoms with Crippen LogP contribution in [0.2, 0.25) is 10.0 Å². The fraction of sp³-hybridized carbons (Fsp3) is 0.0556. The molecule has 1 aliphatic heterocycles. The lowest BCUT2D eigenvalue weighted by molar-refractivity contribution is -0.129. The van der Waals surface area contributed by atoms with Crippen molar-refractivity contribution in [3.05, 3.63) is 74.9 Å². The molecule has 0 amide bonds. The SMILES string of the molecule is COC(=O)c1ccc(/C=C2\N=C(c3ccc(Cl)c(Cl)c3)OC2=O)cc1. The van der Waals surface area contributed by atoms with Crippen molar-refractivity contribution in [2.45, 2.75) is 0 Å². The molecule has 0 unspecified atom stereocenters. The fourth-order valence-corrected chi connectivity index (χ4v) is 2.45. The first kappa shape index (κ1) is 17.2. The molecule has 7 heteroatoms. The summed E-state index contributed by atoms with van der Waals surface area (Å²) in [5.41, 5.74) is 1.80. The molecular weight excluding hydrogens is 365 g/mol. The molecule has 0 radical (unpaired) electrons. The predicted molar refractivity (Wildman–Crippen MR) is 94.8 cm³/mol. The highest BCUT2D eigenvalue weighted by atomic mass is 35.5. The van der Waals surface area contributed by atoms with Gasteiger partial charge >= 0.3 is 11.9 Å². The van der Waals surface area contributed by atoms with E-state index >= 15 is 0 Å². The topological polar surface area (TPSA) is 65.0 Å². The third-order valence-electron chi connectivity index (χ3n) is 3.42. The molecule has 0 aromatic heterocycles. The van der Waals surface area contributed by atoms with Gasteiger partial charge in [0.15, 0.2) is 5.70 Å².